The van der Waals surface area contributed by atoms with Crippen molar-refractivity contribution in [1.29, 1.82) is 0 Å². The summed E-state index contributed by atoms with van der Waals surface area (Å²) in [6.07, 6.45) is 0. The molecule has 2 rings (SSSR count). The molecule has 0 spiro atoms. The minimum absolute atomic E-state index is 0.184. The van der Waals surface area contributed by atoms with Gasteiger partial charge in [-0.05, 0) is 43.7 Å². The first-order valence-electron chi connectivity index (χ1n) is 5.41. The summed E-state index contributed by atoms with van der Waals surface area (Å²) >= 11 is 7.22. The van der Waals surface area contributed by atoms with E-state index in [9.17, 15) is 4.79 Å². The van der Waals surface area contributed by atoms with Crippen molar-refractivity contribution in [2.45, 2.75) is 13.8 Å². The van der Waals surface area contributed by atoms with Crippen LogP contribution in [0.4, 0.5) is 10.7 Å². The summed E-state index contributed by atoms with van der Waals surface area (Å²) < 4.78 is 0. The van der Waals surface area contributed by atoms with Gasteiger partial charge in [-0.1, -0.05) is 11.6 Å². The van der Waals surface area contributed by atoms with E-state index in [2.05, 4.69) is 5.32 Å². The molecule has 0 radical (unpaired) electrons. The summed E-state index contributed by atoms with van der Waals surface area (Å²) in [6, 6.07) is 6.97. The predicted molar refractivity (Wildman–Crippen MR) is 77.6 cm³/mol. The van der Waals surface area contributed by atoms with Crippen LogP contribution in [0.1, 0.15) is 20.8 Å². The molecule has 2 aromatic rings. The number of nitrogens with one attached hydrogen (secondary N) is 1. The Morgan fingerprint density at radius 2 is 1.89 bits per heavy atom. The van der Waals surface area contributed by atoms with Crippen molar-refractivity contribution >= 4 is 39.5 Å². The Labute approximate surface area is 115 Å². The van der Waals surface area contributed by atoms with Gasteiger partial charge in [0.2, 0.25) is 0 Å². The van der Waals surface area contributed by atoms with Crippen molar-refractivity contribution in [1.82, 2.24) is 0 Å². The minimum Gasteiger partial charge on any atom is -0.390 e. The fourth-order valence-electron chi connectivity index (χ4n) is 1.66. The third-order valence-corrected chi connectivity index (χ3v) is 4.03. The van der Waals surface area contributed by atoms with E-state index in [-0.39, 0.29) is 5.91 Å². The van der Waals surface area contributed by atoms with Crippen molar-refractivity contribution in [3.63, 3.8) is 0 Å². The molecule has 0 atom stereocenters. The molecule has 0 fully saturated rings. The van der Waals surface area contributed by atoms with E-state index >= 15 is 0 Å². The van der Waals surface area contributed by atoms with Crippen LogP contribution in [0.2, 0.25) is 5.02 Å². The predicted octanol–water partition coefficient (Wildman–Crippen LogP) is 3.85. The number of nitrogens with two attached hydrogens (primary N) is 1. The van der Waals surface area contributed by atoms with Crippen LogP contribution in [-0.4, -0.2) is 5.91 Å². The van der Waals surface area contributed by atoms with Crippen molar-refractivity contribution in [3.05, 3.63) is 45.3 Å². The largest absolute Gasteiger partial charge is 0.390 e. The van der Waals surface area contributed by atoms with Crippen molar-refractivity contribution < 1.29 is 4.79 Å². The number of carbonyl (C=O) groups is 1. The quantitative estimate of drug-likeness (QED) is 0.878. The Bertz CT molecular complexity index is 590. The number of nitrogen functional groups attached to an aromatic ring is 1. The third kappa shape index (κ3) is 2.49. The zero-order valence-corrected chi connectivity index (χ0v) is 11.7. The number of benzene rings is 1. The molecular formula is C13H13ClN2OS. The Morgan fingerprint density at radius 3 is 2.39 bits per heavy atom. The van der Waals surface area contributed by atoms with E-state index in [4.69, 9.17) is 17.3 Å². The smallest absolute Gasteiger partial charge is 0.258 e. The van der Waals surface area contributed by atoms with E-state index < -0.39 is 0 Å². The Kier molecular flexibility index (Phi) is 3.59. The molecule has 0 aliphatic heterocycles. The zero-order valence-electron chi connectivity index (χ0n) is 10.1. The normalized spacial score (nSPS) is 10.4. The second-order valence-electron chi connectivity index (χ2n) is 3.98. The molecular weight excluding hydrogens is 268 g/mol. The number of hydrogen-bond donors (Lipinski definition) is 2. The van der Waals surface area contributed by atoms with Gasteiger partial charge in [-0.2, -0.15) is 0 Å². The molecule has 94 valence electrons. The highest BCUT2D eigenvalue weighted by molar-refractivity contribution is 7.16. The number of aryl methyl sites for hydroxylation is 1. The summed E-state index contributed by atoms with van der Waals surface area (Å²) in [5.41, 5.74) is 8.06. The van der Waals surface area contributed by atoms with Gasteiger partial charge >= 0.3 is 0 Å². The number of carbonyl (C=O) groups excluding carboxylic acids is 1. The van der Waals surface area contributed by atoms with Gasteiger partial charge in [0.1, 0.15) is 0 Å². The van der Waals surface area contributed by atoms with Gasteiger partial charge in [0.25, 0.3) is 5.91 Å². The van der Waals surface area contributed by atoms with Gasteiger partial charge in [-0.3, -0.25) is 4.79 Å². The molecule has 0 aliphatic carbocycles. The molecule has 1 amide bonds. The lowest BCUT2D eigenvalue weighted by atomic mass is 10.1. The molecule has 18 heavy (non-hydrogen) atoms. The van der Waals surface area contributed by atoms with Gasteiger partial charge in [0.15, 0.2) is 0 Å². The minimum atomic E-state index is -0.184. The maximum absolute atomic E-state index is 12.1. The van der Waals surface area contributed by atoms with Gasteiger partial charge < -0.3 is 11.1 Å². The highest BCUT2D eigenvalue weighted by Crippen LogP contribution is 2.30. The summed E-state index contributed by atoms with van der Waals surface area (Å²) in [5, 5.41) is 4.00. The average Bonchev–Trinajstić information content (AvgIpc) is 2.56. The number of hydrogen-bond acceptors (Lipinski definition) is 3. The Balaban J connectivity index is 2.24. The topological polar surface area (TPSA) is 55.1 Å². The molecule has 1 heterocycles. The first-order valence-corrected chi connectivity index (χ1v) is 6.61. The monoisotopic (exact) mass is 280 g/mol. The summed E-state index contributed by atoms with van der Waals surface area (Å²) in [4.78, 5) is 13.2. The molecule has 0 unspecified atom stereocenters. The summed E-state index contributed by atoms with van der Waals surface area (Å²) in [5.74, 6) is -0.184. The third-order valence-electron chi connectivity index (χ3n) is 2.74. The molecule has 0 saturated heterocycles. The van der Waals surface area contributed by atoms with E-state index in [0.29, 0.717) is 21.3 Å². The fourth-order valence-corrected chi connectivity index (χ4v) is 2.72. The van der Waals surface area contributed by atoms with Crippen molar-refractivity contribution in [2.75, 3.05) is 11.1 Å². The van der Waals surface area contributed by atoms with Crippen LogP contribution in [0.15, 0.2) is 24.3 Å². The highest BCUT2D eigenvalue weighted by Gasteiger charge is 2.17. The van der Waals surface area contributed by atoms with Gasteiger partial charge in [-0.25, -0.2) is 0 Å². The molecule has 1 aromatic heterocycles. The Morgan fingerprint density at radius 1 is 1.28 bits per heavy atom. The standard InChI is InChI=1S/C13H13ClN2OS/c1-7-8(2)18-12(15)11(7)13(17)16-10-5-3-9(14)4-6-10/h3-6H,15H2,1-2H3,(H,16,17). The molecule has 3 N–H and O–H groups in total. The maximum Gasteiger partial charge on any atom is 0.258 e. The van der Waals surface area contributed by atoms with Crippen molar-refractivity contribution in [2.24, 2.45) is 0 Å². The lowest BCUT2D eigenvalue weighted by molar-refractivity contribution is 0.102. The lowest BCUT2D eigenvalue weighted by Gasteiger charge is -2.06. The maximum atomic E-state index is 12.1. The van der Waals surface area contributed by atoms with E-state index in [0.717, 1.165) is 10.4 Å². The van der Waals surface area contributed by atoms with E-state index in [1.807, 2.05) is 13.8 Å². The SMILES string of the molecule is Cc1sc(N)c(C(=O)Nc2ccc(Cl)cc2)c1C. The average molecular weight is 281 g/mol. The number of amides is 1. The second kappa shape index (κ2) is 5.00. The second-order valence-corrected chi connectivity index (χ2v) is 5.68. The fraction of sp³-hybridized carbons (Fsp3) is 0.154. The van der Waals surface area contributed by atoms with Crippen LogP contribution in [0.5, 0.6) is 0 Å². The molecule has 3 nitrogen and oxygen atoms in total. The van der Waals surface area contributed by atoms with Crippen LogP contribution in [-0.2, 0) is 0 Å². The molecule has 5 heteroatoms. The number of thiophene rings is 1. The van der Waals surface area contributed by atoms with Gasteiger partial charge in [-0.15, -0.1) is 11.3 Å². The van der Waals surface area contributed by atoms with Crippen LogP contribution in [0.25, 0.3) is 0 Å². The zero-order chi connectivity index (χ0) is 13.3. The number of halogens is 1. The first-order chi connectivity index (χ1) is 8.49. The van der Waals surface area contributed by atoms with Gasteiger partial charge in [0.05, 0.1) is 10.6 Å². The first kappa shape index (κ1) is 12.9. The summed E-state index contributed by atoms with van der Waals surface area (Å²) in [6.45, 7) is 3.86. The number of rotatable bonds is 2. The summed E-state index contributed by atoms with van der Waals surface area (Å²) in [7, 11) is 0. The molecule has 0 bridgehead atoms. The molecule has 1 aromatic carbocycles. The van der Waals surface area contributed by atoms with Crippen LogP contribution >= 0.6 is 22.9 Å². The van der Waals surface area contributed by atoms with Crippen LogP contribution in [0, 0.1) is 13.8 Å². The number of anilines is 2. The molecule has 0 saturated carbocycles. The van der Waals surface area contributed by atoms with E-state index in [1.54, 1.807) is 24.3 Å². The Hall–Kier alpha value is -1.52. The van der Waals surface area contributed by atoms with Crippen LogP contribution in [0.3, 0.4) is 0 Å². The van der Waals surface area contributed by atoms with E-state index in [1.165, 1.54) is 11.3 Å². The van der Waals surface area contributed by atoms with Crippen molar-refractivity contribution in [3.8, 4) is 0 Å². The molecule has 0 aliphatic rings. The van der Waals surface area contributed by atoms with Crippen LogP contribution < -0.4 is 11.1 Å². The van der Waals surface area contributed by atoms with Gasteiger partial charge in [0, 0.05) is 15.6 Å². The lowest BCUT2D eigenvalue weighted by Crippen LogP contribution is -2.13. The highest BCUT2D eigenvalue weighted by atomic mass is 35.5.